The van der Waals surface area contributed by atoms with E-state index in [-0.39, 0.29) is 53.7 Å². The number of likely N-dealkylation sites (N-methyl/N-ethyl adjacent to an activating group) is 2. The molecule has 3 rings (SSSR count). The molecular weight excluding hydrogens is 664 g/mol. The lowest BCUT2D eigenvalue weighted by molar-refractivity contribution is -0.295. The molecule has 0 spiro atoms. The molecule has 1 N–H and O–H groups in total. The average molecular weight is 739 g/mol. The predicted molar refractivity (Wildman–Crippen MR) is 203 cm³/mol. The second-order valence-corrected chi connectivity index (χ2v) is 18.8. The number of esters is 1. The minimum absolute atomic E-state index is 0.0856. The molecule has 3 aliphatic heterocycles. The summed E-state index contributed by atoms with van der Waals surface area (Å²) in [6.07, 6.45) is -1.30. The molecule has 0 unspecified atom stereocenters. The smallest absolute Gasteiger partial charge is 0.319 e. The number of methoxy groups -OCH3 is 1. The van der Waals surface area contributed by atoms with Gasteiger partial charge in [0, 0.05) is 70.2 Å². The molecule has 3 fully saturated rings. The van der Waals surface area contributed by atoms with Crippen molar-refractivity contribution in [3.63, 3.8) is 0 Å². The van der Waals surface area contributed by atoms with E-state index in [0.29, 0.717) is 44.8 Å². The van der Waals surface area contributed by atoms with Gasteiger partial charge in [-0.05, 0) is 86.0 Å². The van der Waals surface area contributed by atoms with Crippen LogP contribution in [0.1, 0.15) is 88.5 Å². The van der Waals surface area contributed by atoms with Gasteiger partial charge in [0.2, 0.25) is 5.91 Å². The van der Waals surface area contributed by atoms with Gasteiger partial charge in [-0.2, -0.15) is 0 Å². The summed E-state index contributed by atoms with van der Waals surface area (Å²) in [5, 5.41) is 11.4. The number of aliphatic hydroxyl groups excluding tert-OH is 1. The second-order valence-electron chi connectivity index (χ2n) is 18.8. The van der Waals surface area contributed by atoms with E-state index in [0.717, 1.165) is 13.1 Å². The van der Waals surface area contributed by atoms with Gasteiger partial charge in [0.15, 0.2) is 12.1 Å². The van der Waals surface area contributed by atoms with Crippen LogP contribution in [0.3, 0.4) is 0 Å². The topological polar surface area (TPSA) is 121 Å². The third-order valence-corrected chi connectivity index (χ3v) is 11.7. The molecule has 3 saturated heterocycles. The number of nitrogens with zero attached hydrogens (tertiary/aromatic N) is 4. The van der Waals surface area contributed by atoms with Gasteiger partial charge in [0.25, 0.3) is 0 Å². The van der Waals surface area contributed by atoms with Crippen molar-refractivity contribution in [3.05, 3.63) is 0 Å². The zero-order valence-electron chi connectivity index (χ0n) is 35.2. The maximum Gasteiger partial charge on any atom is 0.319 e. The normalized spacial score (nSPS) is 34.9. The molecule has 3 aliphatic rings. The van der Waals surface area contributed by atoms with E-state index in [1.165, 1.54) is 0 Å². The number of Topliss-reactive ketones (excluding diaryl/α,β-unsaturated/α-hetero) is 1. The molecule has 0 radical (unpaired) electrons. The number of carbonyl (C=O) groups is 3. The first kappa shape index (κ1) is 44.7. The Morgan fingerprint density at radius 2 is 1.69 bits per heavy atom. The second kappa shape index (κ2) is 17.9. The van der Waals surface area contributed by atoms with Gasteiger partial charge in [-0.3, -0.25) is 19.3 Å². The van der Waals surface area contributed by atoms with E-state index >= 15 is 0 Å². The average Bonchev–Trinajstić information content (AvgIpc) is 2.99. The minimum atomic E-state index is -1.47. The van der Waals surface area contributed by atoms with Crippen molar-refractivity contribution in [2.75, 3.05) is 74.6 Å². The zero-order chi connectivity index (χ0) is 39.5. The molecule has 12 nitrogen and oxygen atoms in total. The highest BCUT2D eigenvalue weighted by Crippen LogP contribution is 2.39. The number of carbonyl (C=O) groups excluding carboxylic acids is 3. The van der Waals surface area contributed by atoms with Crippen molar-refractivity contribution in [3.8, 4) is 0 Å². The summed E-state index contributed by atoms with van der Waals surface area (Å²) < 4.78 is 25.1. The van der Waals surface area contributed by atoms with Gasteiger partial charge in [0.05, 0.1) is 17.8 Å². The third-order valence-electron chi connectivity index (χ3n) is 11.7. The zero-order valence-corrected chi connectivity index (χ0v) is 35.2. The summed E-state index contributed by atoms with van der Waals surface area (Å²) in [5.74, 6) is -0.798. The van der Waals surface area contributed by atoms with Crippen molar-refractivity contribution in [1.82, 2.24) is 19.6 Å². The highest BCUT2D eigenvalue weighted by molar-refractivity contribution is 6.04. The highest BCUT2D eigenvalue weighted by atomic mass is 16.7. The van der Waals surface area contributed by atoms with Crippen LogP contribution < -0.4 is 0 Å². The van der Waals surface area contributed by atoms with Gasteiger partial charge >= 0.3 is 5.97 Å². The molecule has 12 heteroatoms. The predicted octanol–water partition coefficient (Wildman–Crippen LogP) is 3.78. The number of hydrogen-bond donors (Lipinski definition) is 1. The molecule has 0 saturated carbocycles. The van der Waals surface area contributed by atoms with Crippen molar-refractivity contribution in [2.45, 2.75) is 131 Å². The monoisotopic (exact) mass is 739 g/mol. The maximum absolute atomic E-state index is 14.3. The number of amides is 1. The Labute approximate surface area is 315 Å². The number of likely N-dealkylation sites (tertiary alicyclic amines) is 1. The lowest BCUT2D eigenvalue weighted by atomic mass is 9.74. The number of ketones is 1. The third kappa shape index (κ3) is 11.0. The van der Waals surface area contributed by atoms with Crippen molar-refractivity contribution in [2.24, 2.45) is 34.5 Å². The largest absolute Gasteiger partial charge is 0.463 e. The van der Waals surface area contributed by atoms with Crippen LogP contribution in [0, 0.1) is 34.5 Å². The van der Waals surface area contributed by atoms with Gasteiger partial charge in [-0.15, -0.1) is 0 Å². The Morgan fingerprint density at radius 1 is 1.08 bits per heavy atom. The van der Waals surface area contributed by atoms with Crippen LogP contribution in [0.2, 0.25) is 0 Å². The number of rotatable bonds is 11. The summed E-state index contributed by atoms with van der Waals surface area (Å²) in [7, 11) is 9.61. The van der Waals surface area contributed by atoms with Crippen LogP contribution in [-0.4, -0.2) is 159 Å². The molecular formula is C40H74N4O8. The molecule has 0 aromatic rings. The fourth-order valence-corrected chi connectivity index (χ4v) is 9.02. The molecule has 0 aromatic heterocycles. The van der Waals surface area contributed by atoms with Gasteiger partial charge in [-0.25, -0.2) is 0 Å². The molecule has 302 valence electrons. The molecule has 1 amide bonds. The van der Waals surface area contributed by atoms with Gasteiger partial charge < -0.3 is 38.8 Å². The number of cyclic esters (lactones) is 1. The van der Waals surface area contributed by atoms with Crippen LogP contribution >= 0.6 is 0 Å². The molecule has 9 atom stereocenters. The first-order valence-electron chi connectivity index (χ1n) is 19.5. The quantitative estimate of drug-likeness (QED) is 0.246. The fourth-order valence-electron chi connectivity index (χ4n) is 9.02. The summed E-state index contributed by atoms with van der Waals surface area (Å²) in [5.41, 5.74) is -2.59. The van der Waals surface area contributed by atoms with Crippen molar-refractivity contribution in [1.29, 1.82) is 0 Å². The molecule has 0 aromatic carbocycles. The summed E-state index contributed by atoms with van der Waals surface area (Å²) in [6, 6.07) is -0.333. The number of hydrogen-bond acceptors (Lipinski definition) is 11. The van der Waals surface area contributed by atoms with Crippen molar-refractivity contribution < 1.29 is 38.4 Å². The Bertz CT molecular complexity index is 1210. The van der Waals surface area contributed by atoms with E-state index in [1.54, 1.807) is 27.9 Å². The first-order chi connectivity index (χ1) is 23.9. The molecule has 0 bridgehead atoms. The van der Waals surface area contributed by atoms with E-state index in [1.807, 2.05) is 44.8 Å². The lowest BCUT2D eigenvalue weighted by Gasteiger charge is -2.48. The summed E-state index contributed by atoms with van der Waals surface area (Å²) in [6.45, 7) is 23.6. The lowest BCUT2D eigenvalue weighted by Crippen LogP contribution is -2.60. The van der Waals surface area contributed by atoms with Crippen molar-refractivity contribution >= 4 is 17.7 Å². The van der Waals surface area contributed by atoms with Crippen LogP contribution in [0.25, 0.3) is 0 Å². The van der Waals surface area contributed by atoms with E-state index in [4.69, 9.17) is 18.9 Å². The number of ether oxygens (including phenoxy) is 4. The summed E-state index contributed by atoms with van der Waals surface area (Å²) in [4.78, 5) is 50.0. The Balaban J connectivity index is 1.83. The SMILES string of the molecule is CO[C@]1(C)C[C@@H](C)CN(C)[C@H](C2CN(C(=O)CC(C)(C)CN(C)CC(C)C)C2)COC(=O)C(C)(C)C(=O)[C@H](C)[C@H]1O[C@@H]1O[C@H](C)C[C@H](N(C)C)[C@H]1O. The van der Waals surface area contributed by atoms with Gasteiger partial charge in [-0.1, -0.05) is 41.5 Å². The van der Waals surface area contributed by atoms with E-state index in [9.17, 15) is 19.5 Å². The van der Waals surface area contributed by atoms with Crippen LogP contribution in [-0.2, 0) is 33.3 Å². The minimum Gasteiger partial charge on any atom is -0.463 e. The highest BCUT2D eigenvalue weighted by Gasteiger charge is 2.52. The Kier molecular flexibility index (Phi) is 15.4. The van der Waals surface area contributed by atoms with Crippen LogP contribution in [0.15, 0.2) is 0 Å². The number of aliphatic hydroxyl groups is 1. The Morgan fingerprint density at radius 3 is 2.25 bits per heavy atom. The Hall–Kier alpha value is -1.67. The van der Waals surface area contributed by atoms with Gasteiger partial charge in [0.1, 0.15) is 18.1 Å². The molecule has 52 heavy (non-hydrogen) atoms. The summed E-state index contributed by atoms with van der Waals surface area (Å²) >= 11 is 0. The molecule has 0 aliphatic carbocycles. The fraction of sp³-hybridized carbons (Fsp3) is 0.925. The van der Waals surface area contributed by atoms with E-state index in [2.05, 4.69) is 51.5 Å². The standard InChI is InChI=1S/C40H74N4O8/c1-25(2)19-42(13)24-38(6,7)18-32(45)44-21-29(22-44)31-23-50-37(48)39(8,9)34(47)28(5)35(40(10,49-15)17-26(3)20-43(31)14)52-36-33(46)30(41(11)12)16-27(4)51-36/h25-31,33,35-36,46H,16-24H2,1-15H3/t26-,27-,28+,30+,31+,33-,35-,36+,40-/m1/s1. The first-order valence-corrected chi connectivity index (χ1v) is 19.5. The van der Waals surface area contributed by atoms with Crippen LogP contribution in [0.4, 0.5) is 0 Å². The van der Waals surface area contributed by atoms with E-state index < -0.39 is 41.4 Å². The maximum atomic E-state index is 14.3. The van der Waals surface area contributed by atoms with Crippen LogP contribution in [0.5, 0.6) is 0 Å². The molecule has 3 heterocycles.